The molecule has 0 aliphatic heterocycles. The van der Waals surface area contributed by atoms with Gasteiger partial charge in [-0.3, -0.25) is 0 Å². The Labute approximate surface area is 142 Å². The monoisotopic (exact) mass is 363 g/mol. The van der Waals surface area contributed by atoms with E-state index in [4.69, 9.17) is 14.0 Å². The third-order valence-electron chi connectivity index (χ3n) is 4.63. The van der Waals surface area contributed by atoms with Crippen LogP contribution in [0.25, 0.3) is 0 Å². The molecule has 0 radical (unpaired) electrons. The van der Waals surface area contributed by atoms with Crippen molar-refractivity contribution < 1.29 is 8.23 Å². The van der Waals surface area contributed by atoms with E-state index in [1.165, 1.54) is 0 Å². The first-order valence-corrected chi connectivity index (χ1v) is 17.0. The second-order valence-corrected chi connectivity index (χ2v) is 22.2. The van der Waals surface area contributed by atoms with Crippen molar-refractivity contribution in [2.75, 3.05) is 6.54 Å². The minimum absolute atomic E-state index is 0.608. The van der Waals surface area contributed by atoms with E-state index in [0.717, 1.165) is 19.0 Å². The van der Waals surface area contributed by atoms with E-state index in [0.29, 0.717) is 16.6 Å². The van der Waals surface area contributed by atoms with Crippen molar-refractivity contribution in [2.24, 2.45) is 5.73 Å². The standard InChI is InChI=1S/C16H41NO2Si3/c1-14(2)22(15(3)4,16(5)6)19-21(9,10)18-20(7,8)13-11-12-17/h14-16H,11-13,17H2,1-10H3. The Morgan fingerprint density at radius 1 is 0.773 bits per heavy atom. The van der Waals surface area contributed by atoms with Crippen LogP contribution in [0.4, 0.5) is 0 Å². The highest BCUT2D eigenvalue weighted by Crippen LogP contribution is 2.44. The largest absolute Gasteiger partial charge is 0.437 e. The molecule has 0 heterocycles. The fraction of sp³-hybridized carbons (Fsp3) is 1.00. The lowest BCUT2D eigenvalue weighted by Crippen LogP contribution is -2.58. The predicted octanol–water partition coefficient (Wildman–Crippen LogP) is 5.45. The van der Waals surface area contributed by atoms with Gasteiger partial charge in [0.2, 0.25) is 0 Å². The topological polar surface area (TPSA) is 44.5 Å². The minimum atomic E-state index is -2.13. The maximum absolute atomic E-state index is 6.98. The van der Waals surface area contributed by atoms with E-state index in [1.807, 2.05) is 0 Å². The molecule has 0 fully saturated rings. The Kier molecular flexibility index (Phi) is 8.78. The van der Waals surface area contributed by atoms with Gasteiger partial charge in [-0.25, -0.2) is 0 Å². The Morgan fingerprint density at radius 2 is 1.18 bits per heavy atom. The molecule has 0 aliphatic carbocycles. The minimum Gasteiger partial charge on any atom is -0.437 e. The van der Waals surface area contributed by atoms with Gasteiger partial charge in [-0.2, -0.15) is 0 Å². The molecule has 0 unspecified atom stereocenters. The van der Waals surface area contributed by atoms with Crippen molar-refractivity contribution in [1.29, 1.82) is 0 Å². The van der Waals surface area contributed by atoms with Crippen molar-refractivity contribution in [3.8, 4) is 0 Å². The van der Waals surface area contributed by atoms with Gasteiger partial charge < -0.3 is 14.0 Å². The third kappa shape index (κ3) is 6.20. The van der Waals surface area contributed by atoms with Crippen LogP contribution in [0.3, 0.4) is 0 Å². The second-order valence-electron chi connectivity index (χ2n) is 8.57. The lowest BCUT2D eigenvalue weighted by molar-refractivity contribution is 0.363. The van der Waals surface area contributed by atoms with Crippen LogP contribution >= 0.6 is 0 Å². The number of rotatable bonds is 10. The summed E-state index contributed by atoms with van der Waals surface area (Å²) in [7, 11) is -5.67. The quantitative estimate of drug-likeness (QED) is 0.525. The zero-order chi connectivity index (χ0) is 17.8. The highest BCUT2D eigenvalue weighted by atomic mass is 28.5. The average molecular weight is 364 g/mol. The van der Waals surface area contributed by atoms with Crippen LogP contribution in [0, 0.1) is 0 Å². The van der Waals surface area contributed by atoms with Crippen molar-refractivity contribution in [2.45, 2.75) is 96.8 Å². The van der Waals surface area contributed by atoms with Crippen LogP contribution in [0.2, 0.25) is 48.9 Å². The van der Waals surface area contributed by atoms with Crippen LogP contribution in [-0.4, -0.2) is 31.7 Å². The van der Waals surface area contributed by atoms with Crippen molar-refractivity contribution in [3.63, 3.8) is 0 Å². The highest BCUT2D eigenvalue weighted by molar-refractivity contribution is 6.90. The van der Waals surface area contributed by atoms with Gasteiger partial charge in [0, 0.05) is 0 Å². The van der Waals surface area contributed by atoms with Crippen LogP contribution in [0.1, 0.15) is 48.0 Å². The van der Waals surface area contributed by atoms with Gasteiger partial charge >= 0.3 is 8.56 Å². The summed E-state index contributed by atoms with van der Waals surface area (Å²) in [5.74, 6) is 0. The Morgan fingerprint density at radius 3 is 1.50 bits per heavy atom. The summed E-state index contributed by atoms with van der Waals surface area (Å²) < 4.78 is 13.7. The fourth-order valence-corrected chi connectivity index (χ4v) is 21.6. The van der Waals surface area contributed by atoms with Gasteiger partial charge in [-0.1, -0.05) is 41.5 Å². The predicted molar refractivity (Wildman–Crippen MR) is 107 cm³/mol. The summed E-state index contributed by atoms with van der Waals surface area (Å²) in [6.45, 7) is 23.9. The first-order chi connectivity index (χ1) is 9.81. The van der Waals surface area contributed by atoms with E-state index >= 15 is 0 Å². The molecule has 0 aromatic heterocycles. The molecule has 0 amide bonds. The van der Waals surface area contributed by atoms with Crippen LogP contribution in [0.5, 0.6) is 0 Å². The van der Waals surface area contributed by atoms with E-state index in [9.17, 15) is 0 Å². The normalized spacial score (nSPS) is 14.5. The number of nitrogens with two attached hydrogens (primary N) is 1. The SMILES string of the molecule is CC(C)[Si](O[Si](C)(C)O[Si](C)(C)CCCN)(C(C)C)C(C)C. The molecular weight excluding hydrogens is 322 g/mol. The van der Waals surface area contributed by atoms with Crippen LogP contribution in [0.15, 0.2) is 0 Å². The molecule has 0 bridgehead atoms. The van der Waals surface area contributed by atoms with Gasteiger partial charge in [0.15, 0.2) is 16.6 Å². The maximum Gasteiger partial charge on any atom is 0.311 e. The van der Waals surface area contributed by atoms with Crippen molar-refractivity contribution in [1.82, 2.24) is 0 Å². The molecule has 2 N–H and O–H groups in total. The average Bonchev–Trinajstić information content (AvgIpc) is 2.31. The molecule has 0 atom stereocenters. The van der Waals surface area contributed by atoms with E-state index in [2.05, 4.69) is 67.7 Å². The third-order valence-corrected chi connectivity index (χ3v) is 19.2. The van der Waals surface area contributed by atoms with Gasteiger partial charge in [-0.15, -0.1) is 0 Å². The molecule has 0 aliphatic rings. The molecule has 0 aromatic carbocycles. The molecule has 22 heavy (non-hydrogen) atoms. The summed E-state index contributed by atoms with van der Waals surface area (Å²) >= 11 is 0. The van der Waals surface area contributed by atoms with E-state index in [1.54, 1.807) is 0 Å². The zero-order valence-corrected chi connectivity index (χ0v) is 19.7. The lowest BCUT2D eigenvalue weighted by Gasteiger charge is -2.48. The maximum atomic E-state index is 6.98. The van der Waals surface area contributed by atoms with Crippen LogP contribution < -0.4 is 5.73 Å². The molecule has 0 rings (SSSR count). The van der Waals surface area contributed by atoms with Gasteiger partial charge in [0.1, 0.15) is 0 Å². The zero-order valence-electron chi connectivity index (χ0n) is 16.7. The number of hydrogen-bond acceptors (Lipinski definition) is 3. The summed E-state index contributed by atoms with van der Waals surface area (Å²) in [5, 5.41) is 0. The summed E-state index contributed by atoms with van der Waals surface area (Å²) in [6, 6.07) is 1.13. The summed E-state index contributed by atoms with van der Waals surface area (Å²) in [6.07, 6.45) is 1.06. The fourth-order valence-electron chi connectivity index (χ4n) is 4.04. The van der Waals surface area contributed by atoms with Gasteiger partial charge in [0.05, 0.1) is 0 Å². The first kappa shape index (κ1) is 22.5. The molecule has 134 valence electrons. The Balaban J connectivity index is 5.26. The second kappa shape index (κ2) is 8.58. The summed E-state index contributed by atoms with van der Waals surface area (Å²) in [4.78, 5) is 0. The van der Waals surface area contributed by atoms with E-state index in [-0.39, 0.29) is 0 Å². The van der Waals surface area contributed by atoms with E-state index < -0.39 is 25.2 Å². The molecule has 0 spiro atoms. The molecule has 3 nitrogen and oxygen atoms in total. The Bertz CT molecular complexity index is 310. The first-order valence-electron chi connectivity index (χ1n) is 8.91. The van der Waals surface area contributed by atoms with Gasteiger partial charge in [-0.05, 0) is 61.8 Å². The smallest absolute Gasteiger partial charge is 0.311 e. The Hall–Kier alpha value is 0.531. The van der Waals surface area contributed by atoms with Crippen LogP contribution in [-0.2, 0) is 8.23 Å². The highest BCUT2D eigenvalue weighted by Gasteiger charge is 2.50. The lowest BCUT2D eigenvalue weighted by atomic mass is 10.5. The summed E-state index contributed by atoms with van der Waals surface area (Å²) in [5.41, 5.74) is 7.50. The van der Waals surface area contributed by atoms with Crippen molar-refractivity contribution in [3.05, 3.63) is 0 Å². The molecule has 0 aromatic rings. The molecule has 6 heteroatoms. The molecular formula is C16H41NO2Si3. The molecule has 0 saturated heterocycles. The molecule has 0 saturated carbocycles. The number of hydrogen-bond donors (Lipinski definition) is 1. The van der Waals surface area contributed by atoms with Gasteiger partial charge in [0.25, 0.3) is 0 Å². The van der Waals surface area contributed by atoms with Crippen molar-refractivity contribution >= 4 is 25.2 Å².